The minimum atomic E-state index is -4.93. The third kappa shape index (κ3) is 4.08. The summed E-state index contributed by atoms with van der Waals surface area (Å²) in [6, 6.07) is 9.77. The molecular formula is C17H15ClF2N2O5S. The predicted octanol–water partition coefficient (Wildman–Crippen LogP) is 3.82. The molecule has 7 nitrogen and oxygen atoms in total. The molecule has 1 aliphatic heterocycles. The number of rotatable bonds is 5. The lowest BCUT2D eigenvalue weighted by Gasteiger charge is -2.34. The van der Waals surface area contributed by atoms with E-state index in [1.54, 1.807) is 29.2 Å². The second kappa shape index (κ2) is 7.98. The van der Waals surface area contributed by atoms with Crippen LogP contribution in [0, 0.1) is 10.1 Å². The first-order valence-electron chi connectivity index (χ1n) is 8.12. The van der Waals surface area contributed by atoms with E-state index < -0.39 is 31.1 Å². The van der Waals surface area contributed by atoms with Gasteiger partial charge in [0, 0.05) is 24.2 Å². The number of alkyl halides is 2. The van der Waals surface area contributed by atoms with Crippen LogP contribution in [0.25, 0.3) is 0 Å². The van der Waals surface area contributed by atoms with E-state index in [1.165, 1.54) is 6.07 Å². The van der Waals surface area contributed by atoms with Crippen molar-refractivity contribution in [2.75, 3.05) is 24.6 Å². The molecule has 150 valence electrons. The minimum absolute atomic E-state index is 0.139. The standard InChI is InChI=1S/C17H15ClF2N2O5S/c18-12-3-1-11(2-4-12)16-10-21(7-8-27-16)14-6-5-13(9-15(14)22(23)24)28(25,26)17(19)20/h1-6,9,16-17H,7-8,10H2. The van der Waals surface area contributed by atoms with Gasteiger partial charge in [0.05, 0.1) is 16.4 Å². The van der Waals surface area contributed by atoms with Gasteiger partial charge in [-0.1, -0.05) is 23.7 Å². The topological polar surface area (TPSA) is 89.8 Å². The molecule has 0 N–H and O–H groups in total. The average molecular weight is 433 g/mol. The number of nitro groups is 1. The largest absolute Gasteiger partial charge is 0.370 e. The molecule has 0 saturated carbocycles. The van der Waals surface area contributed by atoms with Crippen LogP contribution in [0.2, 0.25) is 5.02 Å². The molecule has 2 aromatic rings. The number of anilines is 1. The average Bonchev–Trinajstić information content (AvgIpc) is 2.68. The first kappa shape index (κ1) is 20.4. The Balaban J connectivity index is 1.93. The van der Waals surface area contributed by atoms with Gasteiger partial charge in [-0.3, -0.25) is 10.1 Å². The van der Waals surface area contributed by atoms with Crippen molar-refractivity contribution in [3.8, 4) is 0 Å². The third-order valence-electron chi connectivity index (χ3n) is 4.36. The van der Waals surface area contributed by atoms with Gasteiger partial charge in [0.15, 0.2) is 0 Å². The zero-order chi connectivity index (χ0) is 20.5. The molecule has 1 unspecified atom stereocenters. The molecule has 0 aromatic heterocycles. The Hall–Kier alpha value is -2.30. The van der Waals surface area contributed by atoms with E-state index >= 15 is 0 Å². The first-order valence-corrected chi connectivity index (χ1v) is 10.0. The van der Waals surface area contributed by atoms with Crippen LogP contribution in [0.15, 0.2) is 47.4 Å². The lowest BCUT2D eigenvalue weighted by Crippen LogP contribution is -2.38. The van der Waals surface area contributed by atoms with Crippen LogP contribution in [0.4, 0.5) is 20.2 Å². The lowest BCUT2D eigenvalue weighted by atomic mass is 10.1. The summed E-state index contributed by atoms with van der Waals surface area (Å²) in [5.41, 5.74) is 0.410. The van der Waals surface area contributed by atoms with E-state index in [2.05, 4.69) is 0 Å². The number of benzene rings is 2. The van der Waals surface area contributed by atoms with E-state index in [4.69, 9.17) is 16.3 Å². The van der Waals surface area contributed by atoms with Crippen molar-refractivity contribution in [2.45, 2.75) is 16.8 Å². The van der Waals surface area contributed by atoms with Gasteiger partial charge < -0.3 is 9.64 Å². The molecule has 0 radical (unpaired) electrons. The summed E-state index contributed by atoms with van der Waals surface area (Å²) in [6.45, 7) is 0.872. The van der Waals surface area contributed by atoms with Crippen molar-refractivity contribution >= 4 is 32.8 Å². The zero-order valence-electron chi connectivity index (χ0n) is 14.3. The molecule has 1 atom stereocenters. The quantitative estimate of drug-likeness (QED) is 0.527. The molecule has 28 heavy (non-hydrogen) atoms. The predicted molar refractivity (Wildman–Crippen MR) is 98.6 cm³/mol. The van der Waals surface area contributed by atoms with Gasteiger partial charge in [-0.15, -0.1) is 0 Å². The van der Waals surface area contributed by atoms with E-state index in [0.29, 0.717) is 17.6 Å². The summed E-state index contributed by atoms with van der Waals surface area (Å²) in [5, 5.41) is 12.0. The Bertz CT molecular complexity index is 986. The minimum Gasteiger partial charge on any atom is -0.370 e. The molecule has 0 aliphatic carbocycles. The zero-order valence-corrected chi connectivity index (χ0v) is 15.9. The van der Waals surface area contributed by atoms with Crippen molar-refractivity contribution in [1.82, 2.24) is 0 Å². The fourth-order valence-electron chi connectivity index (χ4n) is 2.94. The van der Waals surface area contributed by atoms with Crippen LogP contribution in [0.3, 0.4) is 0 Å². The molecule has 11 heteroatoms. The highest BCUT2D eigenvalue weighted by Crippen LogP contribution is 2.35. The maximum atomic E-state index is 12.8. The number of hydrogen-bond donors (Lipinski definition) is 0. The van der Waals surface area contributed by atoms with Crippen molar-refractivity contribution in [2.24, 2.45) is 0 Å². The molecule has 1 saturated heterocycles. The molecule has 1 heterocycles. The van der Waals surface area contributed by atoms with Crippen LogP contribution < -0.4 is 4.90 Å². The van der Waals surface area contributed by atoms with Gasteiger partial charge >= 0.3 is 5.76 Å². The van der Waals surface area contributed by atoms with Gasteiger partial charge in [-0.2, -0.15) is 8.78 Å². The second-order valence-corrected chi connectivity index (χ2v) is 8.42. The number of halogens is 3. The molecule has 1 aliphatic rings. The monoisotopic (exact) mass is 432 g/mol. The number of sulfone groups is 1. The van der Waals surface area contributed by atoms with Crippen LogP contribution in [-0.4, -0.2) is 38.8 Å². The van der Waals surface area contributed by atoms with Gasteiger partial charge in [-0.25, -0.2) is 8.42 Å². The van der Waals surface area contributed by atoms with E-state index in [0.717, 1.165) is 11.6 Å². The molecule has 0 spiro atoms. The highest BCUT2D eigenvalue weighted by Gasteiger charge is 2.32. The van der Waals surface area contributed by atoms with Crippen LogP contribution in [0.1, 0.15) is 11.7 Å². The van der Waals surface area contributed by atoms with E-state index in [9.17, 15) is 27.3 Å². The van der Waals surface area contributed by atoms with E-state index in [1.807, 2.05) is 0 Å². The number of nitro benzene ring substituents is 1. The summed E-state index contributed by atoms with van der Waals surface area (Å²) in [6.07, 6.45) is -0.380. The normalized spacial score (nSPS) is 17.7. The van der Waals surface area contributed by atoms with Gasteiger partial charge in [0.1, 0.15) is 11.8 Å². The Morgan fingerprint density at radius 3 is 2.50 bits per heavy atom. The smallest absolute Gasteiger partial charge is 0.341 e. The summed E-state index contributed by atoms with van der Waals surface area (Å²) in [4.78, 5) is 11.5. The van der Waals surface area contributed by atoms with Crippen molar-refractivity contribution in [3.05, 3.63) is 63.2 Å². The van der Waals surface area contributed by atoms with E-state index in [-0.39, 0.29) is 24.9 Å². The van der Waals surface area contributed by atoms with Crippen LogP contribution in [-0.2, 0) is 14.6 Å². The number of ether oxygens (including phenoxy) is 1. The Kier molecular flexibility index (Phi) is 5.82. The molecule has 0 amide bonds. The lowest BCUT2D eigenvalue weighted by molar-refractivity contribution is -0.384. The molecular weight excluding hydrogens is 418 g/mol. The fourth-order valence-corrected chi connectivity index (χ4v) is 3.81. The number of nitrogens with zero attached hydrogens (tertiary/aromatic N) is 2. The molecule has 0 bridgehead atoms. The van der Waals surface area contributed by atoms with Crippen LogP contribution in [0.5, 0.6) is 0 Å². The number of morpholine rings is 1. The Labute approximate surface area is 164 Å². The fraction of sp³-hybridized carbons (Fsp3) is 0.294. The first-order chi connectivity index (χ1) is 13.2. The number of hydrogen-bond acceptors (Lipinski definition) is 6. The maximum Gasteiger partial charge on any atom is 0.341 e. The van der Waals surface area contributed by atoms with Crippen molar-refractivity contribution in [3.63, 3.8) is 0 Å². The summed E-state index contributed by atoms with van der Waals surface area (Å²) < 4.78 is 54.5. The SMILES string of the molecule is O=[N+]([O-])c1cc(S(=O)(=O)C(F)F)ccc1N1CCOC(c2ccc(Cl)cc2)C1. The van der Waals surface area contributed by atoms with Gasteiger partial charge in [-0.05, 0) is 29.8 Å². The summed E-state index contributed by atoms with van der Waals surface area (Å²) in [7, 11) is -4.93. The molecule has 3 rings (SSSR count). The van der Waals surface area contributed by atoms with Gasteiger partial charge in [0.2, 0.25) is 9.84 Å². The second-order valence-electron chi connectivity index (χ2n) is 6.07. The van der Waals surface area contributed by atoms with Crippen molar-refractivity contribution in [1.29, 1.82) is 0 Å². The highest BCUT2D eigenvalue weighted by molar-refractivity contribution is 7.91. The Morgan fingerprint density at radius 1 is 1.21 bits per heavy atom. The maximum absolute atomic E-state index is 12.8. The summed E-state index contributed by atoms with van der Waals surface area (Å²) in [5.74, 6) is -3.66. The van der Waals surface area contributed by atoms with Gasteiger partial charge in [0.25, 0.3) is 5.69 Å². The Morgan fingerprint density at radius 2 is 1.89 bits per heavy atom. The highest BCUT2D eigenvalue weighted by atomic mass is 35.5. The third-order valence-corrected chi connectivity index (χ3v) is 5.99. The molecule has 2 aromatic carbocycles. The van der Waals surface area contributed by atoms with Crippen molar-refractivity contribution < 1.29 is 26.9 Å². The van der Waals surface area contributed by atoms with Crippen LogP contribution >= 0.6 is 11.6 Å². The molecule has 1 fully saturated rings. The summed E-state index contributed by atoms with van der Waals surface area (Å²) >= 11 is 5.88.